The Morgan fingerprint density at radius 3 is 2.19 bits per heavy atom. The molecule has 0 aliphatic heterocycles. The van der Waals surface area contributed by atoms with Crippen molar-refractivity contribution in [3.8, 4) is 0 Å². The fourth-order valence-corrected chi connectivity index (χ4v) is 4.15. The van der Waals surface area contributed by atoms with Crippen molar-refractivity contribution >= 4 is 56.4 Å². The van der Waals surface area contributed by atoms with Crippen molar-refractivity contribution in [2.75, 3.05) is 5.32 Å². The molecule has 0 radical (unpaired) electrons. The van der Waals surface area contributed by atoms with Crippen molar-refractivity contribution in [1.82, 2.24) is 4.72 Å². The summed E-state index contributed by atoms with van der Waals surface area (Å²) in [5.74, 6) is -0.242. The topological polar surface area (TPSA) is 75.3 Å². The smallest absolute Gasteiger partial charge is 0.240 e. The number of halogens is 3. The minimum atomic E-state index is -3.53. The lowest BCUT2D eigenvalue weighted by atomic mass is 10.1. The van der Waals surface area contributed by atoms with Crippen LogP contribution in [0.15, 0.2) is 41.3 Å². The lowest BCUT2D eigenvalue weighted by Gasteiger charge is -2.10. The van der Waals surface area contributed by atoms with E-state index in [1.165, 1.54) is 24.3 Å². The van der Waals surface area contributed by atoms with Gasteiger partial charge in [-0.25, -0.2) is 13.1 Å². The molecular formula is C18H19Cl3N2O3S. The molecule has 1 amide bonds. The number of hydrogen-bond acceptors (Lipinski definition) is 3. The Morgan fingerprint density at radius 1 is 1.00 bits per heavy atom. The Labute approximate surface area is 174 Å². The first-order chi connectivity index (χ1) is 12.6. The molecule has 0 saturated carbocycles. The Hall–Kier alpha value is -1.31. The second-order valence-electron chi connectivity index (χ2n) is 6.21. The van der Waals surface area contributed by atoms with Crippen molar-refractivity contribution in [1.29, 1.82) is 0 Å². The summed E-state index contributed by atoms with van der Waals surface area (Å²) in [6.45, 7) is 3.51. The third-order valence-corrected chi connectivity index (χ3v) is 6.26. The second kappa shape index (κ2) is 9.26. The summed E-state index contributed by atoms with van der Waals surface area (Å²) >= 11 is 17.8. The van der Waals surface area contributed by atoms with Gasteiger partial charge < -0.3 is 5.32 Å². The van der Waals surface area contributed by atoms with Gasteiger partial charge in [0.25, 0.3) is 0 Å². The summed E-state index contributed by atoms with van der Waals surface area (Å²) in [4.78, 5) is 12.3. The van der Waals surface area contributed by atoms with Crippen molar-refractivity contribution in [3.05, 3.63) is 57.0 Å². The van der Waals surface area contributed by atoms with Crippen LogP contribution in [0.1, 0.15) is 25.8 Å². The van der Waals surface area contributed by atoms with Gasteiger partial charge in [-0.1, -0.05) is 46.9 Å². The molecule has 2 aromatic rings. The third-order valence-electron chi connectivity index (χ3n) is 3.55. The summed E-state index contributed by atoms with van der Waals surface area (Å²) in [6, 6.07) is 9.19. The number of sulfonamides is 1. The van der Waals surface area contributed by atoms with Gasteiger partial charge in [0.1, 0.15) is 0 Å². The predicted molar refractivity (Wildman–Crippen MR) is 110 cm³/mol. The number of nitrogens with one attached hydrogen (secondary N) is 2. The monoisotopic (exact) mass is 448 g/mol. The van der Waals surface area contributed by atoms with Gasteiger partial charge >= 0.3 is 0 Å². The van der Waals surface area contributed by atoms with E-state index in [2.05, 4.69) is 10.0 Å². The number of amides is 1. The number of benzene rings is 2. The third kappa shape index (κ3) is 6.36. The highest BCUT2D eigenvalue weighted by Gasteiger charge is 2.15. The molecule has 2 N–H and O–H groups in total. The molecule has 0 atom stereocenters. The van der Waals surface area contributed by atoms with Gasteiger partial charge in [-0.2, -0.15) is 0 Å². The molecule has 9 heteroatoms. The van der Waals surface area contributed by atoms with E-state index in [1.807, 2.05) is 0 Å². The Balaban J connectivity index is 1.97. The van der Waals surface area contributed by atoms with E-state index >= 15 is 0 Å². The number of aryl methyl sites for hydroxylation is 1. The van der Waals surface area contributed by atoms with Gasteiger partial charge in [0.2, 0.25) is 15.9 Å². The highest BCUT2D eigenvalue weighted by atomic mass is 35.5. The standard InChI is InChI=1S/C18H19Cl3N2O3S/c1-11(2)23-27(25,26)13-6-3-12(4-7-13)5-8-18(24)22-17-10-15(20)14(19)9-16(17)21/h3-4,6-7,9-11,23H,5,8H2,1-2H3,(H,22,24). The van der Waals surface area contributed by atoms with Crippen LogP contribution in [-0.4, -0.2) is 20.4 Å². The molecular weight excluding hydrogens is 431 g/mol. The van der Waals surface area contributed by atoms with E-state index in [-0.39, 0.29) is 23.3 Å². The van der Waals surface area contributed by atoms with Gasteiger partial charge in [0.05, 0.1) is 25.7 Å². The molecule has 0 aliphatic carbocycles. The molecule has 0 heterocycles. The van der Waals surface area contributed by atoms with Gasteiger partial charge in [-0.05, 0) is 50.1 Å². The maximum absolute atomic E-state index is 12.1. The molecule has 0 unspecified atom stereocenters. The van der Waals surface area contributed by atoms with Crippen LogP contribution in [0, 0.1) is 0 Å². The average molecular weight is 450 g/mol. The minimum absolute atomic E-state index is 0.187. The molecule has 5 nitrogen and oxygen atoms in total. The van der Waals surface area contributed by atoms with Crippen molar-refractivity contribution in [3.63, 3.8) is 0 Å². The highest BCUT2D eigenvalue weighted by molar-refractivity contribution is 7.89. The van der Waals surface area contributed by atoms with Crippen LogP contribution in [-0.2, 0) is 21.2 Å². The second-order valence-corrected chi connectivity index (χ2v) is 9.15. The first kappa shape index (κ1) is 22.0. The number of hydrogen-bond donors (Lipinski definition) is 2. The molecule has 0 bridgehead atoms. The van der Waals surface area contributed by atoms with Crippen LogP contribution >= 0.6 is 34.8 Å². The highest BCUT2D eigenvalue weighted by Crippen LogP contribution is 2.32. The maximum Gasteiger partial charge on any atom is 0.240 e. The lowest BCUT2D eigenvalue weighted by Crippen LogP contribution is -2.30. The lowest BCUT2D eigenvalue weighted by molar-refractivity contribution is -0.116. The predicted octanol–water partition coefficient (Wildman–Crippen LogP) is 4.90. The number of anilines is 1. The van der Waals surface area contributed by atoms with Crippen molar-refractivity contribution in [2.24, 2.45) is 0 Å². The zero-order chi connectivity index (χ0) is 20.2. The molecule has 0 aromatic heterocycles. The Morgan fingerprint density at radius 2 is 1.59 bits per heavy atom. The quantitative estimate of drug-likeness (QED) is 0.590. The van der Waals surface area contributed by atoms with E-state index in [0.29, 0.717) is 27.2 Å². The fourth-order valence-electron chi connectivity index (χ4n) is 2.30. The van der Waals surface area contributed by atoms with E-state index in [0.717, 1.165) is 5.56 Å². The van der Waals surface area contributed by atoms with Crippen LogP contribution in [0.2, 0.25) is 15.1 Å². The van der Waals surface area contributed by atoms with Crippen LogP contribution < -0.4 is 10.0 Å². The molecule has 0 spiro atoms. The van der Waals surface area contributed by atoms with Crippen molar-refractivity contribution < 1.29 is 13.2 Å². The molecule has 2 aromatic carbocycles. The summed E-state index contributed by atoms with van der Waals surface area (Å²) < 4.78 is 26.7. The Bertz CT molecular complexity index is 930. The summed E-state index contributed by atoms with van der Waals surface area (Å²) in [6.07, 6.45) is 0.648. The van der Waals surface area contributed by atoms with E-state index in [9.17, 15) is 13.2 Å². The van der Waals surface area contributed by atoms with E-state index in [1.54, 1.807) is 26.0 Å². The van der Waals surface area contributed by atoms with Gasteiger partial charge in [0.15, 0.2) is 0 Å². The van der Waals surface area contributed by atoms with Gasteiger partial charge in [-0.3, -0.25) is 4.79 Å². The summed E-state index contributed by atoms with van der Waals surface area (Å²) in [5.41, 5.74) is 1.23. The number of rotatable bonds is 7. The number of carbonyl (C=O) groups is 1. The molecule has 27 heavy (non-hydrogen) atoms. The van der Waals surface area contributed by atoms with E-state index in [4.69, 9.17) is 34.8 Å². The molecule has 0 fully saturated rings. The van der Waals surface area contributed by atoms with Crippen molar-refractivity contribution in [2.45, 2.75) is 37.6 Å². The first-order valence-corrected chi connectivity index (χ1v) is 10.8. The number of carbonyl (C=O) groups excluding carboxylic acids is 1. The minimum Gasteiger partial charge on any atom is -0.325 e. The van der Waals surface area contributed by atoms with Gasteiger partial charge in [-0.15, -0.1) is 0 Å². The van der Waals surface area contributed by atoms with Crippen LogP contribution in [0.4, 0.5) is 5.69 Å². The normalized spacial score (nSPS) is 11.6. The summed E-state index contributed by atoms with van der Waals surface area (Å²) in [7, 11) is -3.53. The maximum atomic E-state index is 12.1. The largest absolute Gasteiger partial charge is 0.325 e. The molecule has 146 valence electrons. The fraction of sp³-hybridized carbons (Fsp3) is 0.278. The van der Waals surface area contributed by atoms with Crippen LogP contribution in [0.5, 0.6) is 0 Å². The zero-order valence-electron chi connectivity index (χ0n) is 14.7. The average Bonchev–Trinajstić information content (AvgIpc) is 2.57. The van der Waals surface area contributed by atoms with Gasteiger partial charge in [0, 0.05) is 12.5 Å². The Kier molecular flexibility index (Phi) is 7.54. The molecule has 0 aliphatic rings. The summed E-state index contributed by atoms with van der Waals surface area (Å²) in [5, 5.41) is 3.58. The van der Waals surface area contributed by atoms with Crippen LogP contribution in [0.25, 0.3) is 0 Å². The van der Waals surface area contributed by atoms with Crippen LogP contribution in [0.3, 0.4) is 0 Å². The SMILES string of the molecule is CC(C)NS(=O)(=O)c1ccc(CCC(=O)Nc2cc(Cl)c(Cl)cc2Cl)cc1. The van der Waals surface area contributed by atoms with E-state index < -0.39 is 10.0 Å². The molecule has 2 rings (SSSR count). The molecule has 0 saturated heterocycles. The first-order valence-electron chi connectivity index (χ1n) is 8.14. The zero-order valence-corrected chi connectivity index (χ0v) is 17.8.